The highest BCUT2D eigenvalue weighted by Gasteiger charge is 2.11. The van der Waals surface area contributed by atoms with E-state index in [1.54, 1.807) is 7.11 Å². The van der Waals surface area contributed by atoms with Crippen molar-refractivity contribution in [1.82, 2.24) is 9.78 Å². The summed E-state index contributed by atoms with van der Waals surface area (Å²) in [6.07, 6.45) is 4.09. The summed E-state index contributed by atoms with van der Waals surface area (Å²) in [6, 6.07) is 0.279. The second kappa shape index (κ2) is 5.89. The standard InChI is InChI=1S/C12H23N3O/c1-9(2)7-15-8-12(6-13-15)14-10(3)11(4)16-5/h6,8-11,14H,7H2,1-5H3. The fourth-order valence-electron chi connectivity index (χ4n) is 1.50. The first-order valence-electron chi connectivity index (χ1n) is 5.84. The monoisotopic (exact) mass is 225 g/mol. The van der Waals surface area contributed by atoms with Gasteiger partial charge in [0.15, 0.2) is 0 Å². The van der Waals surface area contributed by atoms with Crippen LogP contribution in [0.2, 0.25) is 0 Å². The molecule has 0 saturated carbocycles. The molecule has 1 N–H and O–H groups in total. The van der Waals surface area contributed by atoms with Gasteiger partial charge in [-0.05, 0) is 19.8 Å². The van der Waals surface area contributed by atoms with Gasteiger partial charge in [0.2, 0.25) is 0 Å². The molecule has 92 valence electrons. The van der Waals surface area contributed by atoms with E-state index in [1.165, 1.54) is 0 Å². The van der Waals surface area contributed by atoms with Crippen molar-refractivity contribution in [2.75, 3.05) is 12.4 Å². The van der Waals surface area contributed by atoms with E-state index in [4.69, 9.17) is 4.74 Å². The van der Waals surface area contributed by atoms with Gasteiger partial charge in [-0.3, -0.25) is 4.68 Å². The molecule has 1 rings (SSSR count). The van der Waals surface area contributed by atoms with Gasteiger partial charge in [-0.2, -0.15) is 5.10 Å². The topological polar surface area (TPSA) is 39.1 Å². The molecule has 0 spiro atoms. The zero-order valence-corrected chi connectivity index (χ0v) is 10.9. The van der Waals surface area contributed by atoms with E-state index < -0.39 is 0 Å². The average molecular weight is 225 g/mol. The molecule has 0 aliphatic carbocycles. The molecule has 1 aromatic rings. The van der Waals surface area contributed by atoms with Crippen molar-refractivity contribution < 1.29 is 4.74 Å². The van der Waals surface area contributed by atoms with Crippen LogP contribution in [0.4, 0.5) is 5.69 Å². The smallest absolute Gasteiger partial charge is 0.0741 e. The van der Waals surface area contributed by atoms with E-state index in [1.807, 2.05) is 17.1 Å². The van der Waals surface area contributed by atoms with Crippen LogP contribution in [0.3, 0.4) is 0 Å². The van der Waals surface area contributed by atoms with E-state index in [0.717, 1.165) is 12.2 Å². The summed E-state index contributed by atoms with van der Waals surface area (Å²) in [5.41, 5.74) is 1.05. The maximum Gasteiger partial charge on any atom is 0.0741 e. The Morgan fingerprint density at radius 2 is 2.06 bits per heavy atom. The number of methoxy groups -OCH3 is 1. The molecule has 0 amide bonds. The number of aromatic nitrogens is 2. The first kappa shape index (κ1) is 13.0. The van der Waals surface area contributed by atoms with Gasteiger partial charge in [-0.25, -0.2) is 0 Å². The second-order valence-electron chi connectivity index (χ2n) is 4.72. The molecule has 0 saturated heterocycles. The summed E-state index contributed by atoms with van der Waals surface area (Å²) in [5, 5.41) is 7.69. The van der Waals surface area contributed by atoms with Gasteiger partial charge < -0.3 is 10.1 Å². The number of hydrogen-bond donors (Lipinski definition) is 1. The summed E-state index contributed by atoms with van der Waals surface area (Å²) in [6.45, 7) is 9.48. The molecular weight excluding hydrogens is 202 g/mol. The zero-order valence-electron chi connectivity index (χ0n) is 10.9. The number of anilines is 1. The van der Waals surface area contributed by atoms with Gasteiger partial charge in [0, 0.05) is 25.9 Å². The maximum absolute atomic E-state index is 5.27. The normalized spacial score (nSPS) is 15.1. The number of hydrogen-bond acceptors (Lipinski definition) is 3. The number of rotatable bonds is 6. The van der Waals surface area contributed by atoms with Crippen molar-refractivity contribution in [1.29, 1.82) is 0 Å². The highest BCUT2D eigenvalue weighted by molar-refractivity contribution is 5.39. The third-order valence-corrected chi connectivity index (χ3v) is 2.66. The molecule has 1 aromatic heterocycles. The van der Waals surface area contributed by atoms with Crippen LogP contribution in [-0.2, 0) is 11.3 Å². The van der Waals surface area contributed by atoms with Crippen LogP contribution in [0.5, 0.6) is 0 Å². The van der Waals surface area contributed by atoms with Gasteiger partial charge in [-0.15, -0.1) is 0 Å². The Morgan fingerprint density at radius 1 is 1.38 bits per heavy atom. The Bertz CT molecular complexity index is 309. The summed E-state index contributed by atoms with van der Waals surface area (Å²) in [4.78, 5) is 0. The van der Waals surface area contributed by atoms with Crippen LogP contribution in [0.15, 0.2) is 12.4 Å². The van der Waals surface area contributed by atoms with Crippen LogP contribution in [0.1, 0.15) is 27.7 Å². The lowest BCUT2D eigenvalue weighted by atomic mass is 10.2. The van der Waals surface area contributed by atoms with Crippen molar-refractivity contribution in [3.8, 4) is 0 Å². The lowest BCUT2D eigenvalue weighted by molar-refractivity contribution is 0.106. The zero-order chi connectivity index (χ0) is 12.1. The third kappa shape index (κ3) is 3.85. The summed E-state index contributed by atoms with van der Waals surface area (Å²) in [5.74, 6) is 0.614. The van der Waals surface area contributed by atoms with Crippen molar-refractivity contribution in [3.63, 3.8) is 0 Å². The lowest BCUT2D eigenvalue weighted by Gasteiger charge is -2.19. The van der Waals surface area contributed by atoms with Crippen LogP contribution in [0.25, 0.3) is 0 Å². The van der Waals surface area contributed by atoms with Crippen LogP contribution >= 0.6 is 0 Å². The van der Waals surface area contributed by atoms with E-state index in [9.17, 15) is 0 Å². The maximum atomic E-state index is 5.27. The highest BCUT2D eigenvalue weighted by Crippen LogP contribution is 2.10. The van der Waals surface area contributed by atoms with E-state index in [0.29, 0.717) is 5.92 Å². The minimum atomic E-state index is 0.188. The Morgan fingerprint density at radius 3 is 2.62 bits per heavy atom. The Labute approximate surface area is 98.0 Å². The van der Waals surface area contributed by atoms with Gasteiger partial charge >= 0.3 is 0 Å². The second-order valence-corrected chi connectivity index (χ2v) is 4.72. The molecule has 2 unspecified atom stereocenters. The fourth-order valence-corrected chi connectivity index (χ4v) is 1.50. The summed E-state index contributed by atoms with van der Waals surface area (Å²) in [7, 11) is 1.73. The molecule has 4 heteroatoms. The SMILES string of the molecule is COC(C)C(C)Nc1cnn(CC(C)C)c1. The van der Waals surface area contributed by atoms with Crippen LogP contribution < -0.4 is 5.32 Å². The molecule has 0 aliphatic rings. The molecule has 0 radical (unpaired) electrons. The molecule has 4 nitrogen and oxygen atoms in total. The van der Waals surface area contributed by atoms with Crippen molar-refractivity contribution >= 4 is 5.69 Å². The molecule has 1 heterocycles. The minimum absolute atomic E-state index is 0.188. The average Bonchev–Trinajstić information content (AvgIpc) is 2.63. The molecule has 0 bridgehead atoms. The summed E-state index contributed by atoms with van der Waals surface area (Å²) < 4.78 is 7.24. The highest BCUT2D eigenvalue weighted by atomic mass is 16.5. The summed E-state index contributed by atoms with van der Waals surface area (Å²) >= 11 is 0. The first-order valence-corrected chi connectivity index (χ1v) is 5.84. The minimum Gasteiger partial charge on any atom is -0.380 e. The number of nitrogens with zero attached hydrogens (tertiary/aromatic N) is 2. The molecular formula is C12H23N3O. The Kier molecular flexibility index (Phi) is 4.80. The van der Waals surface area contributed by atoms with E-state index >= 15 is 0 Å². The fraction of sp³-hybridized carbons (Fsp3) is 0.750. The largest absolute Gasteiger partial charge is 0.380 e. The number of ether oxygens (including phenoxy) is 1. The van der Waals surface area contributed by atoms with Crippen molar-refractivity contribution in [2.24, 2.45) is 5.92 Å². The van der Waals surface area contributed by atoms with Crippen LogP contribution in [0, 0.1) is 5.92 Å². The number of nitrogens with one attached hydrogen (secondary N) is 1. The Balaban J connectivity index is 2.51. The molecule has 0 fully saturated rings. The third-order valence-electron chi connectivity index (χ3n) is 2.66. The van der Waals surface area contributed by atoms with Gasteiger partial charge in [0.05, 0.1) is 18.0 Å². The molecule has 2 atom stereocenters. The molecule has 16 heavy (non-hydrogen) atoms. The van der Waals surface area contributed by atoms with Gasteiger partial charge in [-0.1, -0.05) is 13.8 Å². The predicted octanol–water partition coefficient (Wildman–Crippen LogP) is 2.37. The molecule has 0 aromatic carbocycles. The lowest BCUT2D eigenvalue weighted by Crippen LogP contribution is -2.29. The molecule has 0 aliphatic heterocycles. The predicted molar refractivity (Wildman–Crippen MR) is 66.6 cm³/mol. The van der Waals surface area contributed by atoms with E-state index in [-0.39, 0.29) is 12.1 Å². The van der Waals surface area contributed by atoms with Gasteiger partial charge in [0.1, 0.15) is 0 Å². The van der Waals surface area contributed by atoms with Crippen molar-refractivity contribution in [3.05, 3.63) is 12.4 Å². The van der Waals surface area contributed by atoms with Gasteiger partial charge in [0.25, 0.3) is 0 Å². The first-order chi connectivity index (χ1) is 7.52. The quantitative estimate of drug-likeness (QED) is 0.808. The Hall–Kier alpha value is -1.03. The van der Waals surface area contributed by atoms with E-state index in [2.05, 4.69) is 38.1 Å². The van der Waals surface area contributed by atoms with Crippen molar-refractivity contribution in [2.45, 2.75) is 46.4 Å². The van der Waals surface area contributed by atoms with Crippen LogP contribution in [-0.4, -0.2) is 29.0 Å².